The topological polar surface area (TPSA) is 81.8 Å². The van der Waals surface area contributed by atoms with Gasteiger partial charge in [-0.25, -0.2) is 4.79 Å². The largest absolute Gasteiger partial charge is 0.370 e. The van der Waals surface area contributed by atoms with Gasteiger partial charge in [-0.2, -0.15) is 0 Å². The third-order valence-electron chi connectivity index (χ3n) is 3.69. The Labute approximate surface area is 135 Å². The number of anilines is 1. The van der Waals surface area contributed by atoms with Crippen molar-refractivity contribution in [2.75, 3.05) is 37.6 Å². The summed E-state index contributed by atoms with van der Waals surface area (Å²) in [5.74, 6) is -0.712. The van der Waals surface area contributed by atoms with Gasteiger partial charge in [0, 0.05) is 25.3 Å². The van der Waals surface area contributed by atoms with E-state index in [2.05, 4.69) is 28.5 Å². The molecule has 7 heteroatoms. The highest BCUT2D eigenvalue weighted by Gasteiger charge is 2.29. The summed E-state index contributed by atoms with van der Waals surface area (Å²) >= 11 is 0. The fourth-order valence-corrected chi connectivity index (χ4v) is 2.44. The van der Waals surface area contributed by atoms with Crippen LogP contribution in [0.15, 0.2) is 24.3 Å². The second-order valence-electron chi connectivity index (χ2n) is 5.41. The van der Waals surface area contributed by atoms with Crippen molar-refractivity contribution in [1.29, 1.82) is 0 Å². The number of nitrogens with zero attached hydrogens (tertiary/aromatic N) is 2. The first-order chi connectivity index (χ1) is 11.0. The highest BCUT2D eigenvalue weighted by atomic mass is 16.2. The van der Waals surface area contributed by atoms with Crippen LogP contribution in [0.3, 0.4) is 0 Å². The lowest BCUT2D eigenvalue weighted by Crippen LogP contribution is -2.43. The molecule has 4 amide bonds. The van der Waals surface area contributed by atoms with Crippen molar-refractivity contribution in [3.8, 4) is 0 Å². The summed E-state index contributed by atoms with van der Waals surface area (Å²) in [6, 6.07) is 7.66. The van der Waals surface area contributed by atoms with Crippen LogP contribution < -0.4 is 15.5 Å². The molecule has 7 nitrogen and oxygen atoms in total. The zero-order valence-corrected chi connectivity index (χ0v) is 13.5. The highest BCUT2D eigenvalue weighted by molar-refractivity contribution is 6.04. The minimum atomic E-state index is -0.514. The fourth-order valence-electron chi connectivity index (χ4n) is 2.44. The molecule has 1 aliphatic heterocycles. The quantitative estimate of drug-likeness (QED) is 0.717. The summed E-state index contributed by atoms with van der Waals surface area (Å²) < 4.78 is 0. The Hall–Kier alpha value is -2.57. The van der Waals surface area contributed by atoms with Crippen LogP contribution in [0.5, 0.6) is 0 Å². The van der Waals surface area contributed by atoms with Crippen LogP contribution in [0, 0.1) is 6.92 Å². The summed E-state index contributed by atoms with van der Waals surface area (Å²) in [5, 5.41) is 5.13. The van der Waals surface area contributed by atoms with Crippen molar-refractivity contribution in [3.63, 3.8) is 0 Å². The van der Waals surface area contributed by atoms with Gasteiger partial charge >= 0.3 is 6.03 Å². The molecule has 1 aromatic rings. The summed E-state index contributed by atoms with van der Waals surface area (Å²) in [6.45, 7) is 5.75. The minimum Gasteiger partial charge on any atom is -0.370 e. The SMILES string of the molecule is CCN(CCNC(=O)CN1C(=O)CNC1=O)c1cccc(C)c1. The Morgan fingerprint density at radius 2 is 2.17 bits per heavy atom. The number of hydrogen-bond donors (Lipinski definition) is 2. The Morgan fingerprint density at radius 1 is 1.39 bits per heavy atom. The molecule has 1 aliphatic rings. The van der Waals surface area contributed by atoms with Gasteiger partial charge in [0.25, 0.3) is 5.91 Å². The van der Waals surface area contributed by atoms with Crippen LogP contribution in [0.4, 0.5) is 10.5 Å². The fraction of sp³-hybridized carbons (Fsp3) is 0.438. The van der Waals surface area contributed by atoms with E-state index in [4.69, 9.17) is 0 Å². The molecule has 23 heavy (non-hydrogen) atoms. The van der Waals surface area contributed by atoms with E-state index in [1.165, 1.54) is 5.56 Å². The minimum absolute atomic E-state index is 0.0386. The number of amides is 4. The van der Waals surface area contributed by atoms with E-state index in [1.54, 1.807) is 0 Å². The lowest BCUT2D eigenvalue weighted by atomic mass is 10.2. The number of likely N-dealkylation sites (N-methyl/N-ethyl adjacent to an activating group) is 1. The first-order valence-corrected chi connectivity index (χ1v) is 7.67. The van der Waals surface area contributed by atoms with Gasteiger partial charge in [-0.15, -0.1) is 0 Å². The third-order valence-corrected chi connectivity index (χ3v) is 3.69. The standard InChI is InChI=1S/C16H22N4O3/c1-3-19(13-6-4-5-12(2)9-13)8-7-17-14(21)11-20-15(22)10-18-16(20)23/h4-6,9H,3,7-8,10-11H2,1-2H3,(H,17,21)(H,18,23). The third kappa shape index (κ3) is 4.45. The van der Waals surface area contributed by atoms with Crippen molar-refractivity contribution in [2.24, 2.45) is 0 Å². The molecule has 1 aromatic carbocycles. The first kappa shape index (κ1) is 16.8. The van der Waals surface area contributed by atoms with Gasteiger partial charge in [0.1, 0.15) is 6.54 Å². The van der Waals surface area contributed by atoms with Crippen LogP contribution in [-0.2, 0) is 9.59 Å². The van der Waals surface area contributed by atoms with E-state index in [9.17, 15) is 14.4 Å². The molecule has 0 unspecified atom stereocenters. The summed E-state index contributed by atoms with van der Waals surface area (Å²) in [4.78, 5) is 37.7. The molecular formula is C16H22N4O3. The number of carbonyl (C=O) groups excluding carboxylic acids is 3. The van der Waals surface area contributed by atoms with Crippen LogP contribution in [0.2, 0.25) is 0 Å². The van der Waals surface area contributed by atoms with Crippen molar-refractivity contribution in [1.82, 2.24) is 15.5 Å². The monoisotopic (exact) mass is 318 g/mol. The van der Waals surface area contributed by atoms with Crippen LogP contribution in [0.1, 0.15) is 12.5 Å². The van der Waals surface area contributed by atoms with Gasteiger partial charge in [0.15, 0.2) is 0 Å². The molecule has 1 heterocycles. The molecule has 124 valence electrons. The van der Waals surface area contributed by atoms with Crippen molar-refractivity contribution in [2.45, 2.75) is 13.8 Å². The molecule has 1 fully saturated rings. The molecule has 1 saturated heterocycles. The molecule has 2 rings (SSSR count). The average molecular weight is 318 g/mol. The molecular weight excluding hydrogens is 296 g/mol. The maximum atomic E-state index is 11.8. The number of aryl methyl sites for hydroxylation is 1. The normalized spacial score (nSPS) is 13.9. The molecule has 0 saturated carbocycles. The van der Waals surface area contributed by atoms with E-state index in [0.717, 1.165) is 17.1 Å². The average Bonchev–Trinajstić information content (AvgIpc) is 2.83. The summed E-state index contributed by atoms with van der Waals surface area (Å²) in [5.41, 5.74) is 2.29. The predicted octanol–water partition coefficient (Wildman–Crippen LogP) is 0.489. The second kappa shape index (κ2) is 7.62. The zero-order chi connectivity index (χ0) is 16.8. The van der Waals surface area contributed by atoms with Crippen LogP contribution >= 0.6 is 0 Å². The lowest BCUT2D eigenvalue weighted by Gasteiger charge is -2.24. The predicted molar refractivity (Wildman–Crippen MR) is 87.2 cm³/mol. The number of carbonyl (C=O) groups is 3. The smallest absolute Gasteiger partial charge is 0.325 e. The number of benzene rings is 1. The van der Waals surface area contributed by atoms with Gasteiger partial charge in [-0.1, -0.05) is 12.1 Å². The molecule has 0 aromatic heterocycles. The van der Waals surface area contributed by atoms with E-state index in [-0.39, 0.29) is 24.9 Å². The van der Waals surface area contributed by atoms with E-state index < -0.39 is 6.03 Å². The maximum Gasteiger partial charge on any atom is 0.325 e. The van der Waals surface area contributed by atoms with Crippen LogP contribution in [-0.4, -0.2) is 55.5 Å². The maximum absolute atomic E-state index is 11.8. The zero-order valence-electron chi connectivity index (χ0n) is 13.5. The molecule has 0 spiro atoms. The van der Waals surface area contributed by atoms with Gasteiger partial charge < -0.3 is 15.5 Å². The second-order valence-corrected chi connectivity index (χ2v) is 5.41. The summed E-state index contributed by atoms with van der Waals surface area (Å²) in [7, 11) is 0. The van der Waals surface area contributed by atoms with Crippen molar-refractivity contribution >= 4 is 23.5 Å². The summed E-state index contributed by atoms with van der Waals surface area (Å²) in [6.07, 6.45) is 0. The number of hydrogen-bond acceptors (Lipinski definition) is 4. The lowest BCUT2D eigenvalue weighted by molar-refractivity contribution is -0.130. The van der Waals surface area contributed by atoms with Gasteiger partial charge in [-0.05, 0) is 31.5 Å². The Balaban J connectivity index is 1.80. The van der Waals surface area contributed by atoms with Crippen LogP contribution in [0.25, 0.3) is 0 Å². The number of imide groups is 1. The van der Waals surface area contributed by atoms with Crippen molar-refractivity contribution < 1.29 is 14.4 Å². The molecule has 0 radical (unpaired) electrons. The number of urea groups is 1. The Bertz CT molecular complexity index is 587. The van der Waals surface area contributed by atoms with Crippen molar-refractivity contribution in [3.05, 3.63) is 29.8 Å². The van der Waals surface area contributed by atoms with E-state index in [1.807, 2.05) is 25.1 Å². The van der Waals surface area contributed by atoms with Gasteiger partial charge in [-0.3, -0.25) is 14.5 Å². The Morgan fingerprint density at radius 3 is 2.78 bits per heavy atom. The highest BCUT2D eigenvalue weighted by Crippen LogP contribution is 2.14. The van der Waals surface area contributed by atoms with E-state index in [0.29, 0.717) is 13.1 Å². The number of nitrogens with one attached hydrogen (secondary N) is 2. The van der Waals surface area contributed by atoms with E-state index >= 15 is 0 Å². The van der Waals surface area contributed by atoms with Gasteiger partial charge in [0.05, 0.1) is 6.54 Å². The molecule has 0 atom stereocenters. The molecule has 2 N–H and O–H groups in total. The molecule has 0 bridgehead atoms. The first-order valence-electron chi connectivity index (χ1n) is 7.67. The number of rotatable bonds is 7. The van der Waals surface area contributed by atoms with Gasteiger partial charge in [0.2, 0.25) is 5.91 Å². The molecule has 0 aliphatic carbocycles. The Kier molecular flexibility index (Phi) is 5.56.